The number of halogens is 3. The second kappa shape index (κ2) is 6.88. The average molecular weight is 279 g/mol. The van der Waals surface area contributed by atoms with Gasteiger partial charge in [0.15, 0.2) is 0 Å². The normalized spacial score (nSPS) is 18.4. The van der Waals surface area contributed by atoms with E-state index in [-0.39, 0.29) is 6.10 Å². The van der Waals surface area contributed by atoms with Crippen LogP contribution in [0.15, 0.2) is 18.6 Å². The third kappa shape index (κ3) is 6.00. The highest BCUT2D eigenvalue weighted by atomic mass is 19.4. The summed E-state index contributed by atoms with van der Waals surface area (Å²) in [5, 5.41) is 10.3. The van der Waals surface area contributed by atoms with Crippen LogP contribution in [-0.4, -0.2) is 46.4 Å². The fraction of sp³-hybridized carbons (Fsp3) is 0.500. The summed E-state index contributed by atoms with van der Waals surface area (Å²) in [6.07, 6.45) is -0.563. The Hall–Kier alpha value is -1.90. The summed E-state index contributed by atoms with van der Waals surface area (Å²) >= 11 is 0. The third-order valence-electron chi connectivity index (χ3n) is 2.10. The lowest BCUT2D eigenvalue weighted by atomic mass is 10.3. The van der Waals surface area contributed by atoms with Crippen molar-refractivity contribution in [2.45, 2.75) is 18.7 Å². The minimum Gasteiger partial charge on any atom is -0.475 e. The predicted molar refractivity (Wildman–Crippen MR) is 57.6 cm³/mol. The van der Waals surface area contributed by atoms with Crippen molar-refractivity contribution in [2.24, 2.45) is 0 Å². The first kappa shape index (κ1) is 15.2. The van der Waals surface area contributed by atoms with Gasteiger partial charge in [0.2, 0.25) is 5.88 Å². The number of aliphatic carboxylic acids is 1. The van der Waals surface area contributed by atoms with Crippen LogP contribution in [0.25, 0.3) is 0 Å². The quantitative estimate of drug-likeness (QED) is 0.835. The molecule has 106 valence electrons. The Balaban J connectivity index is 0.000000224. The molecule has 6 nitrogen and oxygen atoms in total. The van der Waals surface area contributed by atoms with E-state index in [4.69, 9.17) is 14.6 Å². The zero-order valence-corrected chi connectivity index (χ0v) is 9.72. The van der Waals surface area contributed by atoms with Gasteiger partial charge in [-0.05, 0) is 13.0 Å². The van der Waals surface area contributed by atoms with Crippen LogP contribution in [0.1, 0.15) is 6.42 Å². The van der Waals surface area contributed by atoms with Gasteiger partial charge in [-0.1, -0.05) is 0 Å². The summed E-state index contributed by atoms with van der Waals surface area (Å²) in [5.41, 5.74) is 0. The second-order valence-corrected chi connectivity index (χ2v) is 3.58. The number of hydrogen-bond acceptors (Lipinski definition) is 5. The topological polar surface area (TPSA) is 84.3 Å². The number of carboxylic acid groups (broad SMARTS) is 1. The van der Waals surface area contributed by atoms with Crippen molar-refractivity contribution in [1.29, 1.82) is 0 Å². The number of carboxylic acids is 1. The van der Waals surface area contributed by atoms with E-state index in [1.54, 1.807) is 12.3 Å². The molecule has 19 heavy (non-hydrogen) atoms. The molecule has 1 atom stereocenters. The van der Waals surface area contributed by atoms with E-state index < -0.39 is 12.1 Å². The lowest BCUT2D eigenvalue weighted by Gasteiger charge is -2.09. The first-order chi connectivity index (χ1) is 8.89. The number of ether oxygens (including phenoxy) is 1. The van der Waals surface area contributed by atoms with Gasteiger partial charge in [-0.25, -0.2) is 14.8 Å². The molecule has 9 heteroatoms. The van der Waals surface area contributed by atoms with E-state index in [0.717, 1.165) is 19.5 Å². The molecular formula is C10H12F3N3O3. The molecule has 1 aliphatic heterocycles. The number of nitrogens with one attached hydrogen (secondary N) is 1. The Bertz CT molecular complexity index is 394. The van der Waals surface area contributed by atoms with Gasteiger partial charge in [0.1, 0.15) is 12.4 Å². The third-order valence-corrected chi connectivity index (χ3v) is 2.10. The van der Waals surface area contributed by atoms with E-state index in [0.29, 0.717) is 5.88 Å². The van der Waals surface area contributed by atoms with Crippen molar-refractivity contribution in [1.82, 2.24) is 15.3 Å². The minimum absolute atomic E-state index is 0.278. The number of hydrogen-bond donors (Lipinski definition) is 2. The molecule has 0 amide bonds. The van der Waals surface area contributed by atoms with Crippen LogP contribution in [0.4, 0.5) is 13.2 Å². The molecule has 2 N–H and O–H groups in total. The lowest BCUT2D eigenvalue weighted by molar-refractivity contribution is -0.192. The van der Waals surface area contributed by atoms with Gasteiger partial charge in [0.05, 0.1) is 0 Å². The van der Waals surface area contributed by atoms with Crippen LogP contribution in [0.2, 0.25) is 0 Å². The van der Waals surface area contributed by atoms with Crippen molar-refractivity contribution >= 4 is 5.97 Å². The van der Waals surface area contributed by atoms with Gasteiger partial charge in [0, 0.05) is 18.8 Å². The number of alkyl halides is 3. The van der Waals surface area contributed by atoms with E-state index >= 15 is 0 Å². The van der Waals surface area contributed by atoms with E-state index in [2.05, 4.69) is 15.3 Å². The van der Waals surface area contributed by atoms with Gasteiger partial charge < -0.3 is 15.2 Å². The van der Waals surface area contributed by atoms with Gasteiger partial charge in [0.25, 0.3) is 0 Å². The second-order valence-electron chi connectivity index (χ2n) is 3.58. The van der Waals surface area contributed by atoms with Crippen molar-refractivity contribution < 1.29 is 27.8 Å². The largest absolute Gasteiger partial charge is 0.490 e. The van der Waals surface area contributed by atoms with Gasteiger partial charge >= 0.3 is 12.1 Å². The summed E-state index contributed by atoms with van der Waals surface area (Å²) in [6, 6.07) is 1.78. The van der Waals surface area contributed by atoms with Gasteiger partial charge in [-0.3, -0.25) is 0 Å². The Kier molecular flexibility index (Phi) is 5.49. The molecule has 0 radical (unpaired) electrons. The Morgan fingerprint density at radius 1 is 1.53 bits per heavy atom. The van der Waals surface area contributed by atoms with Crippen molar-refractivity contribution in [3.05, 3.63) is 18.6 Å². The first-order valence-corrected chi connectivity index (χ1v) is 5.33. The number of aromatic nitrogens is 2. The number of rotatable bonds is 2. The molecule has 1 aliphatic rings. The summed E-state index contributed by atoms with van der Waals surface area (Å²) in [4.78, 5) is 16.7. The maximum atomic E-state index is 10.6. The smallest absolute Gasteiger partial charge is 0.475 e. The van der Waals surface area contributed by atoms with Crippen LogP contribution in [-0.2, 0) is 4.79 Å². The molecule has 2 heterocycles. The molecule has 1 saturated heterocycles. The Morgan fingerprint density at radius 3 is 2.63 bits per heavy atom. The summed E-state index contributed by atoms with van der Waals surface area (Å²) in [7, 11) is 0. The van der Waals surface area contributed by atoms with Crippen LogP contribution in [0.3, 0.4) is 0 Å². The maximum absolute atomic E-state index is 10.6. The Labute approximate surface area is 106 Å². The monoisotopic (exact) mass is 279 g/mol. The van der Waals surface area contributed by atoms with Crippen LogP contribution < -0.4 is 10.1 Å². The lowest BCUT2D eigenvalue weighted by Crippen LogP contribution is -2.21. The maximum Gasteiger partial charge on any atom is 0.490 e. The molecule has 0 bridgehead atoms. The van der Waals surface area contributed by atoms with Crippen molar-refractivity contribution in [3.63, 3.8) is 0 Å². The summed E-state index contributed by atoms with van der Waals surface area (Å²) < 4.78 is 37.3. The van der Waals surface area contributed by atoms with Crippen LogP contribution >= 0.6 is 0 Å². The summed E-state index contributed by atoms with van der Waals surface area (Å²) in [5.74, 6) is -2.09. The standard InChI is InChI=1S/C8H11N3O.C2HF3O2/c1-3-9-5-7(1)12-8-2-4-10-6-11-8;3-2(4,5)1(6)7/h2,4,6-7,9H,1,3,5H2;(H,6,7)/t7-;/m0./s1. The highest BCUT2D eigenvalue weighted by Gasteiger charge is 2.38. The summed E-state index contributed by atoms with van der Waals surface area (Å²) in [6.45, 7) is 1.96. The number of carbonyl (C=O) groups is 1. The molecule has 2 rings (SSSR count). The highest BCUT2D eigenvalue weighted by Crippen LogP contribution is 2.13. The van der Waals surface area contributed by atoms with E-state index in [1.165, 1.54) is 6.33 Å². The molecule has 0 unspecified atom stereocenters. The predicted octanol–water partition coefficient (Wildman–Crippen LogP) is 0.851. The molecule has 1 fully saturated rings. The fourth-order valence-corrected chi connectivity index (χ4v) is 1.25. The van der Waals surface area contributed by atoms with Crippen LogP contribution in [0, 0.1) is 0 Å². The molecule has 0 saturated carbocycles. The zero-order valence-electron chi connectivity index (χ0n) is 9.72. The minimum atomic E-state index is -5.08. The van der Waals surface area contributed by atoms with Crippen molar-refractivity contribution in [2.75, 3.05) is 13.1 Å². The SMILES string of the molecule is O=C(O)C(F)(F)F.c1cc(O[C@H]2CCNC2)ncn1. The molecule has 0 aliphatic carbocycles. The Morgan fingerprint density at radius 2 is 2.21 bits per heavy atom. The first-order valence-electron chi connectivity index (χ1n) is 5.33. The van der Waals surface area contributed by atoms with Crippen molar-refractivity contribution in [3.8, 4) is 5.88 Å². The molecule has 0 aromatic carbocycles. The molecule has 0 spiro atoms. The van der Waals surface area contributed by atoms with Gasteiger partial charge in [-0.15, -0.1) is 0 Å². The number of nitrogens with zero attached hydrogens (tertiary/aromatic N) is 2. The molecule has 1 aromatic heterocycles. The molecular weight excluding hydrogens is 267 g/mol. The fourth-order valence-electron chi connectivity index (χ4n) is 1.25. The molecule has 1 aromatic rings. The van der Waals surface area contributed by atoms with E-state index in [1.807, 2.05) is 0 Å². The average Bonchev–Trinajstić information content (AvgIpc) is 2.83. The van der Waals surface area contributed by atoms with Crippen LogP contribution in [0.5, 0.6) is 5.88 Å². The van der Waals surface area contributed by atoms with E-state index in [9.17, 15) is 13.2 Å². The highest BCUT2D eigenvalue weighted by molar-refractivity contribution is 5.73. The zero-order chi connectivity index (χ0) is 14.3. The van der Waals surface area contributed by atoms with Gasteiger partial charge in [-0.2, -0.15) is 13.2 Å².